The number of fused-ring (bicyclic) bond motifs is 1. The number of β-lactam (4-membered cyclic amide) rings is 1. The normalized spacial score (nSPS) is 20.1. The molecule has 188 valence electrons. The predicted molar refractivity (Wildman–Crippen MR) is 134 cm³/mol. The highest BCUT2D eigenvalue weighted by Crippen LogP contribution is 2.52. The minimum atomic E-state index is -0.793. The number of hydrogen-bond acceptors (Lipinski definition) is 8. The van der Waals surface area contributed by atoms with Crippen molar-refractivity contribution in [1.29, 1.82) is 0 Å². The molecule has 5 rings (SSSR count). The monoisotopic (exact) mass is 518 g/mol. The SMILES string of the molecule is O=C(NCc1ccccn1)c1ccc(C2SC3CC(=O)N3C2C(=O)OCc2ccc([N+](=O)[O-])cc2)cc1. The number of thioether (sulfide) groups is 1. The summed E-state index contributed by atoms with van der Waals surface area (Å²) >= 11 is 1.52. The number of carbonyl (C=O) groups excluding carboxylic acids is 3. The van der Waals surface area contributed by atoms with Gasteiger partial charge in [0.1, 0.15) is 12.6 Å². The van der Waals surface area contributed by atoms with Gasteiger partial charge < -0.3 is 15.0 Å². The van der Waals surface area contributed by atoms with E-state index < -0.39 is 16.9 Å². The van der Waals surface area contributed by atoms with E-state index in [0.29, 0.717) is 24.1 Å². The van der Waals surface area contributed by atoms with Gasteiger partial charge in [-0.15, -0.1) is 11.8 Å². The average molecular weight is 519 g/mol. The molecule has 37 heavy (non-hydrogen) atoms. The topological polar surface area (TPSA) is 132 Å². The summed E-state index contributed by atoms with van der Waals surface area (Å²) in [5, 5.41) is 13.2. The zero-order valence-electron chi connectivity index (χ0n) is 19.5. The molecule has 1 N–H and O–H groups in total. The largest absolute Gasteiger partial charge is 0.459 e. The number of nitrogens with zero attached hydrogens (tertiary/aromatic N) is 3. The van der Waals surface area contributed by atoms with Gasteiger partial charge in [0.25, 0.3) is 11.6 Å². The Labute approximate surface area is 216 Å². The van der Waals surface area contributed by atoms with Crippen LogP contribution in [0.4, 0.5) is 5.69 Å². The van der Waals surface area contributed by atoms with Crippen LogP contribution in [0.3, 0.4) is 0 Å². The van der Waals surface area contributed by atoms with Crippen LogP contribution < -0.4 is 5.32 Å². The number of benzene rings is 2. The van der Waals surface area contributed by atoms with Crippen molar-refractivity contribution in [2.75, 3.05) is 0 Å². The van der Waals surface area contributed by atoms with Gasteiger partial charge in [-0.25, -0.2) is 4.79 Å². The highest BCUT2D eigenvalue weighted by Gasteiger charge is 2.55. The Hall–Kier alpha value is -4.25. The minimum absolute atomic E-state index is 0.0507. The number of aromatic nitrogens is 1. The van der Waals surface area contributed by atoms with Crippen molar-refractivity contribution in [2.45, 2.75) is 36.2 Å². The lowest BCUT2D eigenvalue weighted by Gasteiger charge is -2.36. The summed E-state index contributed by atoms with van der Waals surface area (Å²) in [4.78, 5) is 54.0. The van der Waals surface area contributed by atoms with Crippen LogP contribution in [0.5, 0.6) is 0 Å². The summed E-state index contributed by atoms with van der Waals surface area (Å²) < 4.78 is 5.51. The Bertz CT molecular complexity index is 1330. The number of amides is 2. The third kappa shape index (κ3) is 5.17. The second kappa shape index (κ2) is 10.4. The first kappa shape index (κ1) is 24.4. The molecule has 0 saturated carbocycles. The fraction of sp³-hybridized carbons (Fsp3) is 0.231. The molecule has 10 nitrogen and oxygen atoms in total. The zero-order valence-corrected chi connectivity index (χ0v) is 20.3. The second-order valence-electron chi connectivity index (χ2n) is 8.62. The highest BCUT2D eigenvalue weighted by atomic mass is 32.2. The Morgan fingerprint density at radius 3 is 2.51 bits per heavy atom. The van der Waals surface area contributed by atoms with Crippen LogP contribution in [0, 0.1) is 10.1 Å². The van der Waals surface area contributed by atoms with E-state index in [4.69, 9.17) is 4.74 Å². The lowest BCUT2D eigenvalue weighted by Crippen LogP contribution is -2.54. The molecule has 0 bridgehead atoms. The molecule has 2 aromatic carbocycles. The van der Waals surface area contributed by atoms with Crippen molar-refractivity contribution in [3.8, 4) is 0 Å². The molecule has 0 radical (unpaired) electrons. The average Bonchev–Trinajstić information content (AvgIpc) is 3.24. The van der Waals surface area contributed by atoms with Crippen LogP contribution in [-0.4, -0.2) is 44.0 Å². The fourth-order valence-electron chi connectivity index (χ4n) is 4.29. The van der Waals surface area contributed by atoms with Crippen LogP contribution in [-0.2, 0) is 27.5 Å². The van der Waals surface area contributed by atoms with E-state index in [2.05, 4.69) is 10.3 Å². The summed E-state index contributed by atoms with van der Waals surface area (Å²) in [6.45, 7) is 0.244. The number of rotatable bonds is 8. The predicted octanol–water partition coefficient (Wildman–Crippen LogP) is 3.38. The number of nitro benzene ring substituents is 1. The van der Waals surface area contributed by atoms with Gasteiger partial charge in [0.15, 0.2) is 0 Å². The van der Waals surface area contributed by atoms with Crippen molar-refractivity contribution >= 4 is 35.2 Å². The van der Waals surface area contributed by atoms with Crippen LogP contribution >= 0.6 is 11.8 Å². The maximum atomic E-state index is 13.1. The standard InChI is InChI=1S/C26H22N4O6S/c31-21-13-22-29(21)23(26(33)36-15-16-4-10-20(11-5-16)30(34)35)24(37-22)17-6-8-18(9-7-17)25(32)28-14-19-3-1-2-12-27-19/h1-12,22-24H,13-15H2,(H,28,32). The van der Waals surface area contributed by atoms with Crippen molar-refractivity contribution < 1.29 is 24.0 Å². The van der Waals surface area contributed by atoms with Gasteiger partial charge in [-0.3, -0.25) is 24.7 Å². The Balaban J connectivity index is 1.25. The molecule has 1 aromatic heterocycles. The smallest absolute Gasteiger partial charge is 0.330 e. The molecule has 0 aliphatic carbocycles. The summed E-state index contributed by atoms with van der Waals surface area (Å²) in [6.07, 6.45) is 2.03. The number of ether oxygens (including phenoxy) is 1. The van der Waals surface area contributed by atoms with E-state index in [0.717, 1.165) is 11.3 Å². The fourth-order valence-corrected chi connectivity index (χ4v) is 5.95. The summed E-state index contributed by atoms with van der Waals surface area (Å²) in [6, 6.07) is 17.4. The molecular formula is C26H22N4O6S. The van der Waals surface area contributed by atoms with Crippen LogP contribution in [0.15, 0.2) is 72.9 Å². The van der Waals surface area contributed by atoms with E-state index in [1.54, 1.807) is 41.4 Å². The quantitative estimate of drug-likeness (QED) is 0.208. The third-order valence-corrected chi connectivity index (χ3v) is 7.80. The first-order valence-electron chi connectivity index (χ1n) is 11.6. The minimum Gasteiger partial charge on any atom is -0.459 e. The number of carbonyl (C=O) groups is 3. The van der Waals surface area contributed by atoms with E-state index in [9.17, 15) is 24.5 Å². The molecule has 2 aliphatic rings. The number of non-ortho nitro benzene ring substituents is 1. The molecule has 11 heteroatoms. The van der Waals surface area contributed by atoms with Crippen LogP contribution in [0.25, 0.3) is 0 Å². The van der Waals surface area contributed by atoms with Crippen LogP contribution in [0.2, 0.25) is 0 Å². The Kier molecular flexibility index (Phi) is 6.87. The molecule has 0 spiro atoms. The van der Waals surface area contributed by atoms with Crippen molar-refractivity contribution in [3.63, 3.8) is 0 Å². The molecule has 2 aliphatic heterocycles. The van der Waals surface area contributed by atoms with Gasteiger partial charge in [0, 0.05) is 23.9 Å². The number of hydrogen-bond donors (Lipinski definition) is 1. The number of nitro groups is 1. The Morgan fingerprint density at radius 1 is 1.11 bits per heavy atom. The first-order chi connectivity index (χ1) is 17.9. The van der Waals surface area contributed by atoms with Gasteiger partial charge in [-0.05, 0) is 47.5 Å². The molecule has 3 heterocycles. The first-order valence-corrected chi connectivity index (χ1v) is 12.5. The molecule has 3 atom stereocenters. The molecule has 3 aromatic rings. The van der Waals surface area contributed by atoms with E-state index in [1.165, 1.54) is 36.0 Å². The van der Waals surface area contributed by atoms with Crippen molar-refractivity contribution in [2.24, 2.45) is 0 Å². The van der Waals surface area contributed by atoms with Gasteiger partial charge in [0.2, 0.25) is 5.91 Å². The summed E-state index contributed by atoms with van der Waals surface area (Å²) in [5.74, 6) is -0.888. The molecule has 2 amide bonds. The molecule has 2 fully saturated rings. The number of nitrogens with one attached hydrogen (secondary N) is 1. The lowest BCUT2D eigenvalue weighted by molar-refractivity contribution is -0.384. The molecule has 2 saturated heterocycles. The van der Waals surface area contributed by atoms with E-state index in [1.807, 2.05) is 12.1 Å². The van der Waals surface area contributed by atoms with E-state index >= 15 is 0 Å². The molecule has 3 unspecified atom stereocenters. The van der Waals surface area contributed by atoms with Gasteiger partial charge >= 0.3 is 5.97 Å². The maximum absolute atomic E-state index is 13.1. The maximum Gasteiger partial charge on any atom is 0.330 e. The van der Waals surface area contributed by atoms with Crippen molar-refractivity contribution in [3.05, 3.63) is 105 Å². The van der Waals surface area contributed by atoms with Crippen molar-refractivity contribution in [1.82, 2.24) is 15.2 Å². The highest BCUT2D eigenvalue weighted by molar-refractivity contribution is 8.00. The lowest BCUT2D eigenvalue weighted by atomic mass is 9.99. The molecular weight excluding hydrogens is 496 g/mol. The van der Waals surface area contributed by atoms with E-state index in [-0.39, 0.29) is 34.7 Å². The van der Waals surface area contributed by atoms with Gasteiger partial charge in [-0.1, -0.05) is 18.2 Å². The summed E-state index contributed by atoms with van der Waals surface area (Å²) in [5.41, 5.74) is 2.59. The second-order valence-corrected chi connectivity index (χ2v) is 9.94. The van der Waals surface area contributed by atoms with Crippen LogP contribution in [0.1, 0.15) is 38.8 Å². The Morgan fingerprint density at radius 2 is 1.86 bits per heavy atom. The number of esters is 1. The zero-order chi connectivity index (χ0) is 25.9. The summed E-state index contributed by atoms with van der Waals surface area (Å²) in [7, 11) is 0. The van der Waals surface area contributed by atoms with Gasteiger partial charge in [-0.2, -0.15) is 0 Å². The number of pyridine rings is 1. The van der Waals surface area contributed by atoms with Gasteiger partial charge in [0.05, 0.1) is 34.2 Å². The third-order valence-electron chi connectivity index (χ3n) is 6.26.